The van der Waals surface area contributed by atoms with E-state index in [2.05, 4.69) is 30.9 Å². The molecule has 76 valence electrons. The summed E-state index contributed by atoms with van der Waals surface area (Å²) in [6.45, 7) is 0. The molecule has 0 aliphatic carbocycles. The predicted octanol–water partition coefficient (Wildman–Crippen LogP) is 2.54. The molecule has 0 radical (unpaired) electrons. The highest BCUT2D eigenvalue weighted by molar-refractivity contribution is 9.10. The van der Waals surface area contributed by atoms with Crippen molar-refractivity contribution in [3.05, 3.63) is 34.0 Å². The average molecular weight is 286 g/mol. The number of halogens is 2. The van der Waals surface area contributed by atoms with E-state index in [0.29, 0.717) is 5.82 Å². The second-order valence-corrected chi connectivity index (χ2v) is 4.05. The van der Waals surface area contributed by atoms with Gasteiger partial charge in [-0.15, -0.1) is 0 Å². The summed E-state index contributed by atoms with van der Waals surface area (Å²) in [6.07, 6.45) is 0. The first kappa shape index (κ1) is 10.3. The number of nitrogens with two attached hydrogens (primary N) is 1. The summed E-state index contributed by atoms with van der Waals surface area (Å²) in [5.74, 6) is 0.591. The van der Waals surface area contributed by atoms with Gasteiger partial charge in [0.1, 0.15) is 0 Å². The van der Waals surface area contributed by atoms with Crippen molar-refractivity contribution >= 4 is 33.5 Å². The Kier molecular flexibility index (Phi) is 2.83. The zero-order chi connectivity index (χ0) is 10.8. The van der Waals surface area contributed by atoms with Crippen LogP contribution < -0.4 is 5.73 Å². The maximum absolute atomic E-state index is 5.68. The lowest BCUT2D eigenvalue weighted by molar-refractivity contribution is 1.07. The predicted molar refractivity (Wildman–Crippen MR) is 62.4 cm³/mol. The third-order valence-corrected chi connectivity index (χ3v) is 2.43. The fourth-order valence-corrected chi connectivity index (χ4v) is 1.52. The topological polar surface area (TPSA) is 64.7 Å². The van der Waals surface area contributed by atoms with E-state index in [-0.39, 0.29) is 11.2 Å². The molecule has 0 bridgehead atoms. The van der Waals surface area contributed by atoms with E-state index in [4.69, 9.17) is 17.3 Å². The number of nitrogen functional groups attached to an aromatic ring is 1. The highest BCUT2D eigenvalue weighted by Gasteiger charge is 2.04. The summed E-state index contributed by atoms with van der Waals surface area (Å²) in [7, 11) is 0. The Hall–Kier alpha value is -1.20. The van der Waals surface area contributed by atoms with Crippen molar-refractivity contribution in [2.45, 2.75) is 0 Å². The van der Waals surface area contributed by atoms with Gasteiger partial charge in [-0.2, -0.15) is 15.0 Å². The molecule has 2 N–H and O–H groups in total. The maximum atomic E-state index is 5.68. The van der Waals surface area contributed by atoms with Gasteiger partial charge in [-0.05, 0) is 23.7 Å². The molecule has 0 fully saturated rings. The number of hydrogen-bond acceptors (Lipinski definition) is 4. The molecule has 0 unspecified atom stereocenters. The normalized spacial score (nSPS) is 10.3. The van der Waals surface area contributed by atoms with Crippen molar-refractivity contribution in [2.75, 3.05) is 5.73 Å². The Labute approximate surface area is 99.7 Å². The zero-order valence-electron chi connectivity index (χ0n) is 7.48. The molecule has 0 saturated carbocycles. The van der Waals surface area contributed by atoms with Gasteiger partial charge < -0.3 is 5.73 Å². The monoisotopic (exact) mass is 284 g/mol. The third-order valence-electron chi connectivity index (χ3n) is 1.73. The molecular weight excluding hydrogens is 279 g/mol. The molecule has 6 heteroatoms. The molecule has 0 aliphatic heterocycles. The van der Waals surface area contributed by atoms with Crippen molar-refractivity contribution in [2.24, 2.45) is 0 Å². The van der Waals surface area contributed by atoms with Gasteiger partial charge >= 0.3 is 0 Å². The van der Waals surface area contributed by atoms with E-state index in [0.717, 1.165) is 10.0 Å². The lowest BCUT2D eigenvalue weighted by atomic mass is 10.2. The fraction of sp³-hybridized carbons (Fsp3) is 0. The Bertz CT molecular complexity index is 466. The van der Waals surface area contributed by atoms with Gasteiger partial charge in [0.15, 0.2) is 5.82 Å². The van der Waals surface area contributed by atoms with Crippen LogP contribution in [0.3, 0.4) is 0 Å². The minimum Gasteiger partial charge on any atom is -0.368 e. The molecule has 0 atom stereocenters. The SMILES string of the molecule is Nc1nc(Cl)nc(-c2ccc(Br)cc2)n1. The quantitative estimate of drug-likeness (QED) is 0.874. The van der Waals surface area contributed by atoms with E-state index < -0.39 is 0 Å². The van der Waals surface area contributed by atoms with Crippen LogP contribution in [-0.4, -0.2) is 15.0 Å². The van der Waals surface area contributed by atoms with Crippen LogP contribution in [0.2, 0.25) is 5.28 Å². The molecule has 0 saturated heterocycles. The molecule has 15 heavy (non-hydrogen) atoms. The van der Waals surface area contributed by atoms with Crippen molar-refractivity contribution in [3.8, 4) is 11.4 Å². The second-order valence-electron chi connectivity index (χ2n) is 2.79. The Morgan fingerprint density at radius 2 is 1.73 bits per heavy atom. The standard InChI is InChI=1S/C9H6BrClN4/c10-6-3-1-5(2-4-6)7-13-8(11)15-9(12)14-7/h1-4H,(H2,12,13,14,15). The Morgan fingerprint density at radius 3 is 2.33 bits per heavy atom. The maximum Gasteiger partial charge on any atom is 0.227 e. The molecule has 2 rings (SSSR count). The minimum atomic E-state index is 0.0976. The van der Waals surface area contributed by atoms with E-state index in [1.807, 2.05) is 24.3 Å². The first-order valence-electron chi connectivity index (χ1n) is 4.08. The van der Waals surface area contributed by atoms with Crippen LogP contribution in [0.1, 0.15) is 0 Å². The van der Waals surface area contributed by atoms with Crippen molar-refractivity contribution in [1.29, 1.82) is 0 Å². The Balaban J connectivity index is 2.49. The lowest BCUT2D eigenvalue weighted by Gasteiger charge is -2.01. The lowest BCUT2D eigenvalue weighted by Crippen LogP contribution is -1.99. The van der Waals surface area contributed by atoms with Gasteiger partial charge in [0, 0.05) is 10.0 Å². The van der Waals surface area contributed by atoms with Gasteiger partial charge in [0.05, 0.1) is 0 Å². The molecule has 4 nitrogen and oxygen atoms in total. The average Bonchev–Trinajstić information content (AvgIpc) is 2.17. The van der Waals surface area contributed by atoms with Crippen molar-refractivity contribution in [3.63, 3.8) is 0 Å². The largest absolute Gasteiger partial charge is 0.368 e. The Morgan fingerprint density at radius 1 is 1.07 bits per heavy atom. The number of nitrogens with zero attached hydrogens (tertiary/aromatic N) is 3. The van der Waals surface area contributed by atoms with Crippen LogP contribution in [-0.2, 0) is 0 Å². The highest BCUT2D eigenvalue weighted by atomic mass is 79.9. The number of benzene rings is 1. The van der Waals surface area contributed by atoms with Gasteiger partial charge in [-0.1, -0.05) is 28.1 Å². The highest BCUT2D eigenvalue weighted by Crippen LogP contribution is 2.19. The molecule has 2 aromatic rings. The van der Waals surface area contributed by atoms with Gasteiger partial charge in [-0.3, -0.25) is 0 Å². The van der Waals surface area contributed by atoms with Gasteiger partial charge in [0.25, 0.3) is 0 Å². The van der Waals surface area contributed by atoms with E-state index >= 15 is 0 Å². The van der Waals surface area contributed by atoms with E-state index in [9.17, 15) is 0 Å². The smallest absolute Gasteiger partial charge is 0.227 e. The van der Waals surface area contributed by atoms with Crippen LogP contribution in [0.15, 0.2) is 28.7 Å². The van der Waals surface area contributed by atoms with E-state index in [1.54, 1.807) is 0 Å². The summed E-state index contributed by atoms with van der Waals surface area (Å²) in [4.78, 5) is 11.7. The molecule has 0 amide bonds. The van der Waals surface area contributed by atoms with Gasteiger partial charge in [0.2, 0.25) is 11.2 Å². The zero-order valence-corrected chi connectivity index (χ0v) is 9.83. The molecular formula is C9H6BrClN4. The number of hydrogen-bond donors (Lipinski definition) is 1. The number of aromatic nitrogens is 3. The van der Waals surface area contributed by atoms with Gasteiger partial charge in [-0.25, -0.2) is 0 Å². The first-order chi connectivity index (χ1) is 7.15. The van der Waals surface area contributed by atoms with Crippen LogP contribution in [0.4, 0.5) is 5.95 Å². The second kappa shape index (κ2) is 4.12. The summed E-state index contributed by atoms with van der Waals surface area (Å²) >= 11 is 9.02. The van der Waals surface area contributed by atoms with Crippen LogP contribution in [0.5, 0.6) is 0 Å². The van der Waals surface area contributed by atoms with Crippen LogP contribution >= 0.6 is 27.5 Å². The summed E-state index contributed by atoms with van der Waals surface area (Å²) in [5.41, 5.74) is 6.31. The van der Waals surface area contributed by atoms with E-state index in [1.165, 1.54) is 0 Å². The summed E-state index contributed by atoms with van der Waals surface area (Å²) in [6, 6.07) is 7.52. The molecule has 0 aliphatic rings. The molecule has 0 spiro atoms. The van der Waals surface area contributed by atoms with Crippen LogP contribution in [0, 0.1) is 0 Å². The first-order valence-corrected chi connectivity index (χ1v) is 5.25. The minimum absolute atomic E-state index is 0.0976. The molecule has 1 aromatic carbocycles. The molecule has 1 heterocycles. The summed E-state index contributed by atoms with van der Waals surface area (Å²) in [5, 5.41) is 0.0976. The third kappa shape index (κ3) is 2.43. The van der Waals surface area contributed by atoms with Crippen molar-refractivity contribution < 1.29 is 0 Å². The van der Waals surface area contributed by atoms with Crippen LogP contribution in [0.25, 0.3) is 11.4 Å². The number of anilines is 1. The van der Waals surface area contributed by atoms with Crippen molar-refractivity contribution in [1.82, 2.24) is 15.0 Å². The summed E-state index contributed by atoms with van der Waals surface area (Å²) < 4.78 is 0.986. The molecule has 1 aromatic heterocycles. The number of rotatable bonds is 1. The fourth-order valence-electron chi connectivity index (χ4n) is 1.09.